The van der Waals surface area contributed by atoms with Gasteiger partial charge in [0.2, 0.25) is 5.91 Å². The summed E-state index contributed by atoms with van der Waals surface area (Å²) >= 11 is 0. The standard InChI is InChI=1S/C17H22F5N5O/c1-23-16(24-8-14(28)26(2)10-17(20,21)22)25-11-6-7-27(9-11)15-12(18)4-3-5-13(15)19/h3-5,11H,6-10H2,1-2H3,(H2,23,24,25). The summed E-state index contributed by atoms with van der Waals surface area (Å²) < 4.78 is 64.8. The molecule has 1 aliphatic heterocycles. The lowest BCUT2D eigenvalue weighted by atomic mass is 10.2. The van der Waals surface area contributed by atoms with E-state index in [0.717, 1.165) is 7.05 Å². The van der Waals surface area contributed by atoms with E-state index in [1.807, 2.05) is 0 Å². The smallest absolute Gasteiger partial charge is 0.365 e. The Kier molecular flexibility index (Phi) is 7.03. The molecule has 0 bridgehead atoms. The van der Waals surface area contributed by atoms with Crippen LogP contribution in [0.3, 0.4) is 0 Å². The molecule has 6 nitrogen and oxygen atoms in total. The van der Waals surface area contributed by atoms with Gasteiger partial charge in [-0.3, -0.25) is 9.79 Å². The Hall–Kier alpha value is -2.59. The molecule has 1 fully saturated rings. The van der Waals surface area contributed by atoms with Crippen molar-refractivity contribution in [1.29, 1.82) is 0 Å². The summed E-state index contributed by atoms with van der Waals surface area (Å²) in [5, 5.41) is 5.66. The van der Waals surface area contributed by atoms with E-state index in [1.54, 1.807) is 4.90 Å². The Labute approximate surface area is 159 Å². The van der Waals surface area contributed by atoms with E-state index in [1.165, 1.54) is 25.2 Å². The third-order valence-corrected chi connectivity index (χ3v) is 4.26. The van der Waals surface area contributed by atoms with Crippen molar-refractivity contribution >= 4 is 17.6 Å². The SMILES string of the molecule is CN=C(NCC(=O)N(C)CC(F)(F)F)NC1CCN(c2c(F)cccc2F)C1. The zero-order valence-electron chi connectivity index (χ0n) is 15.5. The summed E-state index contributed by atoms with van der Waals surface area (Å²) in [4.78, 5) is 17.8. The van der Waals surface area contributed by atoms with E-state index in [2.05, 4.69) is 15.6 Å². The number of benzene rings is 1. The van der Waals surface area contributed by atoms with E-state index >= 15 is 0 Å². The van der Waals surface area contributed by atoms with Crippen LogP contribution in [0, 0.1) is 11.6 Å². The van der Waals surface area contributed by atoms with Gasteiger partial charge in [-0.15, -0.1) is 0 Å². The number of carbonyl (C=O) groups excluding carboxylic acids is 1. The molecule has 2 N–H and O–H groups in total. The van der Waals surface area contributed by atoms with E-state index in [0.29, 0.717) is 24.4 Å². The van der Waals surface area contributed by atoms with Gasteiger partial charge in [0.05, 0.1) is 6.54 Å². The Bertz CT molecular complexity index is 704. The fourth-order valence-electron chi connectivity index (χ4n) is 2.91. The van der Waals surface area contributed by atoms with Gasteiger partial charge in [0, 0.05) is 33.2 Å². The minimum Gasteiger partial charge on any atom is -0.365 e. The van der Waals surface area contributed by atoms with E-state index in [9.17, 15) is 26.7 Å². The van der Waals surface area contributed by atoms with Gasteiger partial charge >= 0.3 is 6.18 Å². The molecule has 0 saturated carbocycles. The Balaban J connectivity index is 1.86. The van der Waals surface area contributed by atoms with Crippen molar-refractivity contribution in [2.24, 2.45) is 4.99 Å². The number of nitrogens with one attached hydrogen (secondary N) is 2. The van der Waals surface area contributed by atoms with Crippen LogP contribution < -0.4 is 15.5 Å². The van der Waals surface area contributed by atoms with Gasteiger partial charge in [0.25, 0.3) is 0 Å². The van der Waals surface area contributed by atoms with Gasteiger partial charge in [-0.25, -0.2) is 8.78 Å². The lowest BCUT2D eigenvalue weighted by Gasteiger charge is -2.22. The Morgan fingerprint density at radius 3 is 2.54 bits per heavy atom. The molecule has 1 unspecified atom stereocenters. The maximum Gasteiger partial charge on any atom is 0.406 e. The molecule has 0 aliphatic carbocycles. The zero-order valence-corrected chi connectivity index (χ0v) is 15.5. The minimum atomic E-state index is -4.47. The van der Waals surface area contributed by atoms with Gasteiger partial charge < -0.3 is 20.4 Å². The van der Waals surface area contributed by atoms with Crippen LogP contribution in [-0.2, 0) is 4.79 Å². The first-order valence-electron chi connectivity index (χ1n) is 8.57. The highest BCUT2D eigenvalue weighted by atomic mass is 19.4. The second kappa shape index (κ2) is 9.07. The molecular formula is C17H22F5N5O. The highest BCUT2D eigenvalue weighted by molar-refractivity contribution is 5.86. The molecule has 0 radical (unpaired) electrons. The van der Waals surface area contributed by atoms with Crippen molar-refractivity contribution in [1.82, 2.24) is 15.5 Å². The fourth-order valence-corrected chi connectivity index (χ4v) is 2.91. The number of nitrogens with zero attached hydrogens (tertiary/aromatic N) is 3. The third kappa shape index (κ3) is 5.96. The lowest BCUT2D eigenvalue weighted by molar-refractivity contribution is -0.157. The van der Waals surface area contributed by atoms with Crippen LogP contribution in [0.5, 0.6) is 0 Å². The van der Waals surface area contributed by atoms with Gasteiger partial charge in [0.15, 0.2) is 5.96 Å². The van der Waals surface area contributed by atoms with Crippen LogP contribution in [0.25, 0.3) is 0 Å². The zero-order chi connectivity index (χ0) is 20.9. The second-order valence-corrected chi connectivity index (χ2v) is 6.44. The number of alkyl halides is 3. The highest BCUT2D eigenvalue weighted by Gasteiger charge is 2.31. The van der Waals surface area contributed by atoms with Crippen molar-refractivity contribution in [3.05, 3.63) is 29.8 Å². The summed E-state index contributed by atoms with van der Waals surface area (Å²) in [7, 11) is 2.51. The topological polar surface area (TPSA) is 60.0 Å². The molecular weight excluding hydrogens is 385 g/mol. The molecule has 1 atom stereocenters. The van der Waals surface area contributed by atoms with E-state index in [4.69, 9.17) is 0 Å². The Morgan fingerprint density at radius 2 is 1.96 bits per heavy atom. The molecule has 1 aliphatic rings. The number of carbonyl (C=O) groups is 1. The predicted octanol–water partition coefficient (Wildman–Crippen LogP) is 1.73. The average Bonchev–Trinajstić information content (AvgIpc) is 3.04. The van der Waals surface area contributed by atoms with Crippen LogP contribution in [0.2, 0.25) is 0 Å². The number of aliphatic imine (C=N–C) groups is 1. The Morgan fingerprint density at radius 1 is 1.32 bits per heavy atom. The van der Waals surface area contributed by atoms with Crippen molar-refractivity contribution in [2.45, 2.75) is 18.6 Å². The first kappa shape index (κ1) is 21.7. The van der Waals surface area contributed by atoms with E-state index in [-0.39, 0.29) is 24.2 Å². The predicted molar refractivity (Wildman–Crippen MR) is 95.2 cm³/mol. The normalized spacial score (nSPS) is 17.6. The fraction of sp³-hybridized carbons (Fsp3) is 0.529. The van der Waals surface area contributed by atoms with Gasteiger partial charge in [0.1, 0.15) is 23.9 Å². The molecule has 1 aromatic carbocycles. The third-order valence-electron chi connectivity index (χ3n) is 4.26. The van der Waals surface area contributed by atoms with Crippen molar-refractivity contribution in [2.75, 3.05) is 45.2 Å². The number of hydrogen-bond acceptors (Lipinski definition) is 3. The molecule has 1 saturated heterocycles. The van der Waals surface area contributed by atoms with Crippen LogP contribution in [0.15, 0.2) is 23.2 Å². The largest absolute Gasteiger partial charge is 0.406 e. The molecule has 0 spiro atoms. The first-order chi connectivity index (χ1) is 13.1. The molecule has 1 aromatic rings. The summed E-state index contributed by atoms with van der Waals surface area (Å²) in [6.45, 7) is -0.990. The molecule has 11 heteroatoms. The number of hydrogen-bond donors (Lipinski definition) is 2. The summed E-state index contributed by atoms with van der Waals surface area (Å²) in [6, 6.07) is 3.46. The molecule has 1 heterocycles. The molecule has 0 aromatic heterocycles. The van der Waals surface area contributed by atoms with Gasteiger partial charge in [-0.2, -0.15) is 13.2 Å². The monoisotopic (exact) mass is 407 g/mol. The first-order valence-corrected chi connectivity index (χ1v) is 8.57. The van der Waals surface area contributed by atoms with Crippen LogP contribution >= 0.6 is 0 Å². The number of para-hydroxylation sites is 1. The van der Waals surface area contributed by atoms with Crippen LogP contribution in [-0.4, -0.2) is 69.3 Å². The summed E-state index contributed by atoms with van der Waals surface area (Å²) in [5.74, 6) is -1.83. The quantitative estimate of drug-likeness (QED) is 0.444. The van der Waals surface area contributed by atoms with E-state index < -0.39 is 30.3 Å². The average molecular weight is 407 g/mol. The minimum absolute atomic E-state index is 0.0984. The number of rotatable bonds is 5. The molecule has 1 amide bonds. The number of halogens is 5. The van der Waals surface area contributed by atoms with Crippen molar-refractivity contribution in [3.8, 4) is 0 Å². The number of anilines is 1. The highest BCUT2D eigenvalue weighted by Crippen LogP contribution is 2.26. The summed E-state index contributed by atoms with van der Waals surface area (Å²) in [5.41, 5.74) is -0.0984. The molecule has 2 rings (SSSR count). The van der Waals surface area contributed by atoms with Crippen LogP contribution in [0.4, 0.5) is 27.6 Å². The number of likely N-dealkylation sites (N-methyl/N-ethyl adjacent to an activating group) is 1. The number of guanidine groups is 1. The van der Waals surface area contributed by atoms with Gasteiger partial charge in [-0.1, -0.05) is 6.07 Å². The lowest BCUT2D eigenvalue weighted by Crippen LogP contribution is -2.48. The van der Waals surface area contributed by atoms with Crippen molar-refractivity contribution < 1.29 is 26.7 Å². The summed E-state index contributed by atoms with van der Waals surface area (Å²) in [6.07, 6.45) is -3.91. The van der Waals surface area contributed by atoms with Crippen LogP contribution in [0.1, 0.15) is 6.42 Å². The molecule has 28 heavy (non-hydrogen) atoms. The number of amides is 1. The van der Waals surface area contributed by atoms with Gasteiger partial charge in [-0.05, 0) is 18.6 Å². The maximum atomic E-state index is 13.9. The second-order valence-electron chi connectivity index (χ2n) is 6.44. The maximum absolute atomic E-state index is 13.9. The van der Waals surface area contributed by atoms with Crippen molar-refractivity contribution in [3.63, 3.8) is 0 Å². The molecule has 156 valence electrons.